The summed E-state index contributed by atoms with van der Waals surface area (Å²) in [5, 5.41) is 16.2. The third-order valence-electron chi connectivity index (χ3n) is 6.33. The Morgan fingerprint density at radius 2 is 2.03 bits per heavy atom. The van der Waals surface area contributed by atoms with Crippen molar-refractivity contribution < 1.29 is 28.5 Å². The summed E-state index contributed by atoms with van der Waals surface area (Å²) >= 11 is 0. The molecule has 0 unspecified atom stereocenters. The van der Waals surface area contributed by atoms with Crippen LogP contribution >= 0.6 is 0 Å². The van der Waals surface area contributed by atoms with Gasteiger partial charge in [-0.25, -0.2) is 9.48 Å². The molecule has 2 heterocycles. The van der Waals surface area contributed by atoms with Crippen LogP contribution in [0.5, 0.6) is 0 Å². The van der Waals surface area contributed by atoms with Crippen LogP contribution in [0, 0.1) is 0 Å². The van der Waals surface area contributed by atoms with Crippen LogP contribution in [0.3, 0.4) is 0 Å². The number of hydrogen-bond acceptors (Lipinski definition) is 10. The quantitative estimate of drug-likeness (QED) is 0.325. The van der Waals surface area contributed by atoms with E-state index in [0.717, 1.165) is 37.3 Å². The summed E-state index contributed by atoms with van der Waals surface area (Å²) in [6, 6.07) is 10.1. The summed E-state index contributed by atoms with van der Waals surface area (Å²) in [4.78, 5) is 11.7. The molecule has 1 aliphatic carbocycles. The Hall–Kier alpha value is -2.44. The lowest BCUT2D eigenvalue weighted by Crippen LogP contribution is -2.59. The molecular weight excluding hydrogens is 454 g/mol. The van der Waals surface area contributed by atoms with E-state index in [0.29, 0.717) is 32.9 Å². The number of benzene rings is 1. The number of esters is 1. The predicted octanol–water partition coefficient (Wildman–Crippen LogP) is 1.22. The monoisotopic (exact) mass is 489 g/mol. The van der Waals surface area contributed by atoms with Gasteiger partial charge >= 0.3 is 5.97 Å². The van der Waals surface area contributed by atoms with E-state index in [1.54, 1.807) is 4.68 Å². The SMILES string of the molecule is CCCOC1CC(NC[C@@H]2CO[C@@H](C(=O)OC)CO2)(c2nnnn2CCOCc2ccccc2)C1. The standard InChI is InChI=1S/C24H35N5O6/c1-3-10-33-19-12-24(13-19,25-14-20-16-35-21(17-34-20)22(30)31-2)23-26-27-28-29(23)9-11-32-15-18-7-5-4-6-8-18/h4-8,19-21,25H,3,9-17H2,1-2H3/t19?,20-,21-,24?/m1/s1. The Kier molecular flexibility index (Phi) is 9.16. The number of nitrogens with one attached hydrogen (secondary N) is 1. The van der Waals surface area contributed by atoms with Gasteiger partial charge in [0.15, 0.2) is 11.9 Å². The van der Waals surface area contributed by atoms with E-state index in [-0.39, 0.29) is 18.8 Å². The molecule has 1 saturated carbocycles. The molecule has 192 valence electrons. The average molecular weight is 490 g/mol. The number of methoxy groups -OCH3 is 1. The van der Waals surface area contributed by atoms with E-state index in [1.807, 2.05) is 30.3 Å². The molecule has 35 heavy (non-hydrogen) atoms. The van der Waals surface area contributed by atoms with Gasteiger partial charge in [0.2, 0.25) is 0 Å². The summed E-state index contributed by atoms with van der Waals surface area (Å²) in [6.07, 6.45) is 1.77. The number of tetrazole rings is 1. The zero-order valence-corrected chi connectivity index (χ0v) is 20.4. The molecule has 2 aromatic rings. The number of carbonyl (C=O) groups excluding carboxylic acids is 1. The third-order valence-corrected chi connectivity index (χ3v) is 6.33. The van der Waals surface area contributed by atoms with Crippen LogP contribution in [0.15, 0.2) is 30.3 Å². The van der Waals surface area contributed by atoms with Gasteiger partial charge in [0.05, 0.1) is 57.8 Å². The van der Waals surface area contributed by atoms with E-state index < -0.39 is 17.6 Å². The fourth-order valence-electron chi connectivity index (χ4n) is 4.38. The maximum absolute atomic E-state index is 11.7. The molecule has 0 radical (unpaired) electrons. The highest BCUT2D eigenvalue weighted by Crippen LogP contribution is 2.42. The van der Waals surface area contributed by atoms with Crippen LogP contribution in [0.25, 0.3) is 0 Å². The fourth-order valence-corrected chi connectivity index (χ4v) is 4.38. The van der Waals surface area contributed by atoms with Crippen molar-refractivity contribution in [3.63, 3.8) is 0 Å². The Labute approximate surface area is 205 Å². The number of rotatable bonds is 13. The first-order chi connectivity index (χ1) is 17.1. The first-order valence-electron chi connectivity index (χ1n) is 12.2. The molecule has 11 nitrogen and oxygen atoms in total. The minimum absolute atomic E-state index is 0.147. The maximum atomic E-state index is 11.7. The van der Waals surface area contributed by atoms with Crippen molar-refractivity contribution in [2.75, 3.05) is 40.1 Å². The molecule has 0 amide bonds. The van der Waals surface area contributed by atoms with Gasteiger partial charge in [-0.15, -0.1) is 5.10 Å². The highest BCUT2D eigenvalue weighted by Gasteiger charge is 2.50. The van der Waals surface area contributed by atoms with Gasteiger partial charge in [-0.3, -0.25) is 0 Å². The topological polar surface area (TPSA) is 119 Å². The molecule has 4 rings (SSSR count). The van der Waals surface area contributed by atoms with Crippen LogP contribution in [-0.4, -0.2) is 84.6 Å². The van der Waals surface area contributed by atoms with Crippen molar-refractivity contribution in [2.45, 2.75) is 63.2 Å². The maximum Gasteiger partial charge on any atom is 0.337 e. The predicted molar refractivity (Wildman–Crippen MR) is 124 cm³/mol. The second-order valence-electron chi connectivity index (χ2n) is 8.93. The molecule has 1 saturated heterocycles. The third kappa shape index (κ3) is 6.62. The molecule has 1 aromatic heterocycles. The van der Waals surface area contributed by atoms with Crippen molar-refractivity contribution in [2.24, 2.45) is 0 Å². The molecule has 11 heteroatoms. The van der Waals surface area contributed by atoms with Crippen molar-refractivity contribution >= 4 is 5.97 Å². The summed E-state index contributed by atoms with van der Waals surface area (Å²) in [5.41, 5.74) is 0.700. The van der Waals surface area contributed by atoms with Gasteiger partial charge in [-0.1, -0.05) is 37.3 Å². The van der Waals surface area contributed by atoms with Gasteiger partial charge in [-0.2, -0.15) is 0 Å². The largest absolute Gasteiger partial charge is 0.467 e. The first-order valence-corrected chi connectivity index (χ1v) is 12.2. The van der Waals surface area contributed by atoms with Gasteiger partial charge in [0, 0.05) is 13.2 Å². The lowest BCUT2D eigenvalue weighted by atomic mass is 9.73. The van der Waals surface area contributed by atoms with Crippen LogP contribution in [0.1, 0.15) is 37.6 Å². The summed E-state index contributed by atoms with van der Waals surface area (Å²) in [7, 11) is 1.34. The van der Waals surface area contributed by atoms with Gasteiger partial charge in [0.25, 0.3) is 0 Å². The smallest absolute Gasteiger partial charge is 0.337 e. The van der Waals surface area contributed by atoms with E-state index in [9.17, 15) is 4.79 Å². The molecule has 1 N–H and O–H groups in total. The Bertz CT molecular complexity index is 912. The fraction of sp³-hybridized carbons (Fsp3) is 0.667. The molecule has 1 aliphatic heterocycles. The highest BCUT2D eigenvalue weighted by molar-refractivity contribution is 5.74. The Morgan fingerprint density at radius 3 is 2.74 bits per heavy atom. The molecular formula is C24H35N5O6. The number of hydrogen-bond donors (Lipinski definition) is 1. The molecule has 0 bridgehead atoms. The van der Waals surface area contributed by atoms with Gasteiger partial charge in [-0.05, 0) is 35.3 Å². The summed E-state index contributed by atoms with van der Waals surface area (Å²) in [5.74, 6) is 0.345. The minimum Gasteiger partial charge on any atom is -0.467 e. The lowest BCUT2D eigenvalue weighted by Gasteiger charge is -2.47. The molecule has 0 spiro atoms. The van der Waals surface area contributed by atoms with Crippen molar-refractivity contribution in [3.05, 3.63) is 41.7 Å². The van der Waals surface area contributed by atoms with Gasteiger partial charge < -0.3 is 29.0 Å². The van der Waals surface area contributed by atoms with Crippen LogP contribution < -0.4 is 5.32 Å². The normalized spacial score (nSPS) is 26.3. The molecule has 2 atom stereocenters. The summed E-state index contributed by atoms with van der Waals surface area (Å²) in [6.45, 7) is 5.42. The van der Waals surface area contributed by atoms with Gasteiger partial charge in [0.1, 0.15) is 0 Å². The van der Waals surface area contributed by atoms with Crippen LogP contribution in [0.2, 0.25) is 0 Å². The van der Waals surface area contributed by atoms with Crippen molar-refractivity contribution in [3.8, 4) is 0 Å². The van der Waals surface area contributed by atoms with E-state index in [1.165, 1.54) is 7.11 Å². The number of nitrogens with zero attached hydrogens (tertiary/aromatic N) is 4. The number of ether oxygens (including phenoxy) is 5. The lowest BCUT2D eigenvalue weighted by molar-refractivity contribution is -0.178. The van der Waals surface area contributed by atoms with E-state index >= 15 is 0 Å². The van der Waals surface area contributed by atoms with Crippen LogP contribution in [-0.2, 0) is 47.2 Å². The Morgan fingerprint density at radius 1 is 1.20 bits per heavy atom. The number of carbonyl (C=O) groups is 1. The summed E-state index contributed by atoms with van der Waals surface area (Å²) < 4.78 is 29.8. The Balaban J connectivity index is 1.33. The minimum atomic E-state index is -0.677. The molecule has 1 aromatic carbocycles. The molecule has 2 fully saturated rings. The average Bonchev–Trinajstić information content (AvgIpc) is 3.35. The zero-order chi connectivity index (χ0) is 24.5. The number of aromatic nitrogens is 4. The second kappa shape index (κ2) is 12.5. The van der Waals surface area contributed by atoms with E-state index in [2.05, 4.69) is 27.8 Å². The molecule has 2 aliphatic rings. The zero-order valence-electron chi connectivity index (χ0n) is 20.4. The van der Waals surface area contributed by atoms with Crippen molar-refractivity contribution in [1.29, 1.82) is 0 Å². The second-order valence-corrected chi connectivity index (χ2v) is 8.93. The highest BCUT2D eigenvalue weighted by atomic mass is 16.6. The van der Waals surface area contributed by atoms with Crippen molar-refractivity contribution in [1.82, 2.24) is 25.5 Å². The van der Waals surface area contributed by atoms with E-state index in [4.69, 9.17) is 23.7 Å². The van der Waals surface area contributed by atoms with Crippen LogP contribution in [0.4, 0.5) is 0 Å². The first kappa shape index (κ1) is 25.6.